The number of anilines is 1. The fourth-order valence-electron chi connectivity index (χ4n) is 2.53. The van der Waals surface area contributed by atoms with Crippen LogP contribution in [-0.2, 0) is 19.1 Å². The van der Waals surface area contributed by atoms with Gasteiger partial charge in [-0.15, -0.1) is 0 Å². The zero-order valence-electron chi connectivity index (χ0n) is 18.3. The number of ether oxygens (including phenoxy) is 4. The fourth-order valence-corrected chi connectivity index (χ4v) is 3.11. The standard InChI is InChI=1S/C22H24BrN3O7/c1-4-32-21(29)13-33-22-17(23)9-14(10-18(22)31-3)12-24-26-20(28)11-19(27)25-15-5-7-16(30-2)8-6-15/h5-10,12H,4,11,13H2,1-3H3,(H,25,27)(H,26,28). The molecule has 2 aromatic carbocycles. The van der Waals surface area contributed by atoms with Crippen LogP contribution in [0.4, 0.5) is 5.69 Å². The summed E-state index contributed by atoms with van der Waals surface area (Å²) in [6, 6.07) is 9.99. The van der Waals surface area contributed by atoms with Gasteiger partial charge >= 0.3 is 5.97 Å². The number of halogens is 1. The Morgan fingerprint density at radius 3 is 2.42 bits per heavy atom. The quantitative estimate of drug-likeness (QED) is 0.201. The minimum atomic E-state index is -0.585. The van der Waals surface area contributed by atoms with Crippen LogP contribution < -0.4 is 25.0 Å². The smallest absolute Gasteiger partial charge is 0.344 e. The first-order valence-electron chi connectivity index (χ1n) is 9.78. The van der Waals surface area contributed by atoms with E-state index in [0.717, 1.165) is 0 Å². The monoisotopic (exact) mass is 521 g/mol. The summed E-state index contributed by atoms with van der Waals surface area (Å²) in [6.45, 7) is 1.68. The molecule has 33 heavy (non-hydrogen) atoms. The summed E-state index contributed by atoms with van der Waals surface area (Å²) >= 11 is 3.36. The number of carbonyl (C=O) groups is 3. The predicted octanol–water partition coefficient (Wildman–Crippen LogP) is 2.89. The summed E-state index contributed by atoms with van der Waals surface area (Å²) in [5.74, 6) is -0.252. The van der Waals surface area contributed by atoms with Crippen molar-refractivity contribution in [3.63, 3.8) is 0 Å². The van der Waals surface area contributed by atoms with Crippen LogP contribution >= 0.6 is 15.9 Å². The average Bonchev–Trinajstić information content (AvgIpc) is 2.78. The van der Waals surface area contributed by atoms with E-state index < -0.39 is 24.2 Å². The van der Waals surface area contributed by atoms with Crippen molar-refractivity contribution in [2.45, 2.75) is 13.3 Å². The van der Waals surface area contributed by atoms with Crippen molar-refractivity contribution in [3.8, 4) is 17.2 Å². The Morgan fingerprint density at radius 1 is 1.06 bits per heavy atom. The first kappa shape index (κ1) is 25.7. The number of nitrogens with zero attached hydrogens (tertiary/aromatic N) is 1. The Bertz CT molecular complexity index is 1010. The first-order valence-corrected chi connectivity index (χ1v) is 10.6. The number of hydrazone groups is 1. The van der Waals surface area contributed by atoms with E-state index in [4.69, 9.17) is 18.9 Å². The molecule has 0 aliphatic carbocycles. The van der Waals surface area contributed by atoms with Crippen molar-refractivity contribution in [2.24, 2.45) is 5.10 Å². The number of nitrogens with one attached hydrogen (secondary N) is 2. The Balaban J connectivity index is 1.91. The minimum absolute atomic E-state index is 0.255. The number of hydrogen-bond acceptors (Lipinski definition) is 8. The van der Waals surface area contributed by atoms with Crippen molar-refractivity contribution in [2.75, 3.05) is 32.8 Å². The van der Waals surface area contributed by atoms with Crippen molar-refractivity contribution in [1.82, 2.24) is 5.43 Å². The van der Waals surface area contributed by atoms with Crippen LogP contribution in [0.1, 0.15) is 18.9 Å². The van der Waals surface area contributed by atoms with Crippen molar-refractivity contribution < 1.29 is 33.3 Å². The highest BCUT2D eigenvalue weighted by molar-refractivity contribution is 9.10. The van der Waals surface area contributed by atoms with E-state index in [2.05, 4.69) is 31.8 Å². The molecule has 10 nitrogen and oxygen atoms in total. The molecule has 0 saturated carbocycles. The molecular formula is C22H24BrN3O7. The Morgan fingerprint density at radius 2 is 1.79 bits per heavy atom. The summed E-state index contributed by atoms with van der Waals surface area (Å²) in [6.07, 6.45) is 0.971. The largest absolute Gasteiger partial charge is 0.497 e. The number of benzene rings is 2. The highest BCUT2D eigenvalue weighted by Crippen LogP contribution is 2.36. The summed E-state index contributed by atoms with van der Waals surface area (Å²) in [5, 5.41) is 6.47. The topological polar surface area (TPSA) is 125 Å². The van der Waals surface area contributed by atoms with Gasteiger partial charge in [0.25, 0.3) is 0 Å². The third kappa shape index (κ3) is 8.45. The van der Waals surface area contributed by atoms with E-state index in [-0.39, 0.29) is 13.2 Å². The number of rotatable bonds is 11. The molecular weight excluding hydrogens is 498 g/mol. The van der Waals surface area contributed by atoms with Crippen molar-refractivity contribution in [3.05, 3.63) is 46.4 Å². The van der Waals surface area contributed by atoms with Crippen LogP contribution in [0.2, 0.25) is 0 Å². The van der Waals surface area contributed by atoms with Crippen LogP contribution in [0.15, 0.2) is 46.0 Å². The van der Waals surface area contributed by atoms with Gasteiger partial charge in [-0.1, -0.05) is 0 Å². The van der Waals surface area contributed by atoms with Gasteiger partial charge in [0.05, 0.1) is 31.5 Å². The van der Waals surface area contributed by atoms with Gasteiger partial charge in [0.2, 0.25) is 11.8 Å². The lowest BCUT2D eigenvalue weighted by Crippen LogP contribution is -2.24. The van der Waals surface area contributed by atoms with E-state index in [1.807, 2.05) is 0 Å². The molecule has 0 heterocycles. The predicted molar refractivity (Wildman–Crippen MR) is 125 cm³/mol. The van der Waals surface area contributed by atoms with Gasteiger partial charge in [0, 0.05) is 5.69 Å². The fraction of sp³-hybridized carbons (Fsp3) is 0.273. The number of carbonyl (C=O) groups excluding carboxylic acids is 3. The molecule has 0 saturated heterocycles. The van der Waals surface area contributed by atoms with E-state index in [1.54, 1.807) is 50.4 Å². The number of esters is 1. The van der Waals surface area contributed by atoms with E-state index in [9.17, 15) is 14.4 Å². The van der Waals surface area contributed by atoms with Gasteiger partial charge in [-0.05, 0) is 64.8 Å². The van der Waals surface area contributed by atoms with Gasteiger partial charge in [0.1, 0.15) is 12.2 Å². The highest BCUT2D eigenvalue weighted by atomic mass is 79.9. The van der Waals surface area contributed by atoms with Crippen molar-refractivity contribution in [1.29, 1.82) is 0 Å². The molecule has 0 bridgehead atoms. The van der Waals surface area contributed by atoms with E-state index >= 15 is 0 Å². The molecule has 0 radical (unpaired) electrons. The first-order chi connectivity index (χ1) is 15.9. The van der Waals surface area contributed by atoms with Crippen LogP contribution in [0.25, 0.3) is 0 Å². The molecule has 2 N–H and O–H groups in total. The van der Waals surface area contributed by atoms with Crippen LogP contribution in [0.3, 0.4) is 0 Å². The molecule has 0 aliphatic heterocycles. The molecule has 0 fully saturated rings. The van der Waals surface area contributed by atoms with Gasteiger partial charge in [-0.25, -0.2) is 10.2 Å². The molecule has 0 unspecified atom stereocenters. The lowest BCUT2D eigenvalue weighted by atomic mass is 10.2. The molecule has 0 spiro atoms. The third-order valence-corrected chi connectivity index (χ3v) is 4.58. The van der Waals surface area contributed by atoms with Crippen molar-refractivity contribution >= 4 is 45.6 Å². The number of methoxy groups -OCH3 is 2. The van der Waals surface area contributed by atoms with Gasteiger partial charge in [-0.2, -0.15) is 5.10 Å². The van der Waals surface area contributed by atoms with Gasteiger partial charge in [0.15, 0.2) is 18.1 Å². The number of amides is 2. The van der Waals surface area contributed by atoms with Crippen LogP contribution in [0, 0.1) is 0 Å². The maximum Gasteiger partial charge on any atom is 0.344 e. The molecule has 2 amide bonds. The van der Waals surface area contributed by atoms with Gasteiger partial charge in [-0.3, -0.25) is 9.59 Å². The van der Waals surface area contributed by atoms with Gasteiger partial charge < -0.3 is 24.3 Å². The number of hydrogen-bond donors (Lipinski definition) is 2. The second-order valence-electron chi connectivity index (χ2n) is 6.37. The molecule has 0 atom stereocenters. The Labute approximate surface area is 199 Å². The van der Waals surface area contributed by atoms with Crippen LogP contribution in [-0.4, -0.2) is 51.4 Å². The summed E-state index contributed by atoms with van der Waals surface area (Å²) in [7, 11) is 2.99. The summed E-state index contributed by atoms with van der Waals surface area (Å²) < 4.78 is 21.2. The zero-order valence-corrected chi connectivity index (χ0v) is 19.9. The normalized spacial score (nSPS) is 10.4. The molecule has 2 aromatic rings. The van der Waals surface area contributed by atoms with Crippen LogP contribution in [0.5, 0.6) is 17.2 Å². The summed E-state index contributed by atoms with van der Waals surface area (Å²) in [5.41, 5.74) is 3.41. The molecule has 0 aliphatic rings. The molecule has 11 heteroatoms. The molecule has 2 rings (SSSR count). The zero-order chi connectivity index (χ0) is 24.2. The molecule has 0 aromatic heterocycles. The lowest BCUT2D eigenvalue weighted by Gasteiger charge is -2.13. The molecule has 176 valence electrons. The summed E-state index contributed by atoms with van der Waals surface area (Å²) in [4.78, 5) is 35.5. The lowest BCUT2D eigenvalue weighted by molar-refractivity contribution is -0.145. The maximum absolute atomic E-state index is 12.0. The third-order valence-electron chi connectivity index (χ3n) is 3.99. The van der Waals surface area contributed by atoms with E-state index in [0.29, 0.717) is 33.0 Å². The highest BCUT2D eigenvalue weighted by Gasteiger charge is 2.14. The second-order valence-corrected chi connectivity index (χ2v) is 7.23. The minimum Gasteiger partial charge on any atom is -0.497 e. The Kier molecular flexibility index (Phi) is 10.2. The SMILES string of the molecule is CCOC(=O)COc1c(Br)cc(C=NNC(=O)CC(=O)Nc2ccc(OC)cc2)cc1OC. The average molecular weight is 522 g/mol. The Hall–Kier alpha value is -3.60. The second kappa shape index (κ2) is 13.1. The van der Waals surface area contributed by atoms with E-state index in [1.165, 1.54) is 13.3 Å². The maximum atomic E-state index is 12.0.